The van der Waals surface area contributed by atoms with E-state index >= 15 is 0 Å². The summed E-state index contributed by atoms with van der Waals surface area (Å²) in [6, 6.07) is 17.4. The van der Waals surface area contributed by atoms with Crippen LogP contribution >= 0.6 is 0 Å². The molecule has 0 saturated heterocycles. The molecule has 0 bridgehead atoms. The van der Waals surface area contributed by atoms with E-state index in [2.05, 4.69) is 0 Å². The molecule has 0 aliphatic rings. The Hall–Kier alpha value is -2.62. The van der Waals surface area contributed by atoms with Gasteiger partial charge in [0.2, 0.25) is 11.8 Å². The third-order valence-corrected chi connectivity index (χ3v) is 3.78. The Morgan fingerprint density at radius 2 is 1.57 bits per heavy atom. The molecule has 4 heteroatoms. The van der Waals surface area contributed by atoms with Gasteiger partial charge in [-0.2, -0.15) is 0 Å². The Labute approximate surface area is 137 Å². The molecule has 0 heterocycles. The maximum absolute atomic E-state index is 12.4. The van der Waals surface area contributed by atoms with Crippen LogP contribution in [0.4, 0.5) is 5.69 Å². The van der Waals surface area contributed by atoms with Gasteiger partial charge in [0.1, 0.15) is 6.54 Å². The molecule has 0 spiro atoms. The van der Waals surface area contributed by atoms with Crippen molar-refractivity contribution in [1.82, 2.24) is 4.90 Å². The highest BCUT2D eigenvalue weighted by molar-refractivity contribution is 5.96. The lowest BCUT2D eigenvalue weighted by Crippen LogP contribution is -2.40. The van der Waals surface area contributed by atoms with Crippen molar-refractivity contribution in [3.05, 3.63) is 65.7 Å². The molecule has 2 amide bonds. The molecule has 0 aliphatic carbocycles. The van der Waals surface area contributed by atoms with Crippen LogP contribution in [0.5, 0.6) is 0 Å². The van der Waals surface area contributed by atoms with E-state index in [0.29, 0.717) is 6.54 Å². The zero-order valence-electron chi connectivity index (χ0n) is 13.8. The zero-order valence-corrected chi connectivity index (χ0v) is 13.8. The van der Waals surface area contributed by atoms with Crippen molar-refractivity contribution >= 4 is 17.5 Å². The van der Waals surface area contributed by atoms with Crippen LogP contribution in [0.15, 0.2) is 54.6 Å². The normalized spacial score (nSPS) is 10.2. The number of nitrogens with zero attached hydrogens (tertiary/aromatic N) is 2. The molecule has 0 saturated carbocycles. The van der Waals surface area contributed by atoms with Crippen molar-refractivity contribution in [3.8, 4) is 0 Å². The van der Waals surface area contributed by atoms with Gasteiger partial charge in [0.05, 0.1) is 0 Å². The Morgan fingerprint density at radius 3 is 2.13 bits per heavy atom. The van der Waals surface area contributed by atoms with Gasteiger partial charge >= 0.3 is 0 Å². The summed E-state index contributed by atoms with van der Waals surface area (Å²) in [4.78, 5) is 27.4. The maximum atomic E-state index is 12.4. The summed E-state index contributed by atoms with van der Waals surface area (Å²) in [5.41, 5.74) is 3.00. The molecule has 2 aromatic carbocycles. The van der Waals surface area contributed by atoms with Crippen molar-refractivity contribution in [3.63, 3.8) is 0 Å². The summed E-state index contributed by atoms with van der Waals surface area (Å²) in [5.74, 6) is -0.223. The van der Waals surface area contributed by atoms with Gasteiger partial charge in [0, 0.05) is 26.2 Å². The fourth-order valence-electron chi connectivity index (χ4n) is 2.26. The molecule has 0 aromatic heterocycles. The van der Waals surface area contributed by atoms with Crippen molar-refractivity contribution in [1.29, 1.82) is 0 Å². The summed E-state index contributed by atoms with van der Waals surface area (Å²) in [5, 5.41) is 0. The van der Waals surface area contributed by atoms with Gasteiger partial charge in [-0.3, -0.25) is 9.59 Å². The largest absolute Gasteiger partial charge is 0.329 e. The second-order valence-corrected chi connectivity index (χ2v) is 5.65. The predicted octanol–water partition coefficient (Wildman–Crippen LogP) is 3.01. The van der Waals surface area contributed by atoms with Crippen molar-refractivity contribution < 1.29 is 9.59 Å². The molecule has 23 heavy (non-hydrogen) atoms. The zero-order chi connectivity index (χ0) is 16.8. The SMILES string of the molecule is CC(=O)N(CC(=O)N(C)c1ccccc1)Cc1ccc(C)cc1. The number of rotatable bonds is 5. The third kappa shape index (κ3) is 4.68. The lowest BCUT2D eigenvalue weighted by molar-refractivity contribution is -0.133. The molecule has 120 valence electrons. The van der Waals surface area contributed by atoms with E-state index in [4.69, 9.17) is 0 Å². The minimum absolute atomic E-state index is 0.0641. The highest BCUT2D eigenvalue weighted by atomic mass is 16.2. The van der Waals surface area contributed by atoms with Gasteiger partial charge in [0.25, 0.3) is 0 Å². The van der Waals surface area contributed by atoms with Crippen molar-refractivity contribution in [2.24, 2.45) is 0 Å². The molecular weight excluding hydrogens is 288 g/mol. The number of anilines is 1. The topological polar surface area (TPSA) is 40.6 Å². The number of likely N-dealkylation sites (N-methyl/N-ethyl adjacent to an activating group) is 1. The monoisotopic (exact) mass is 310 g/mol. The second kappa shape index (κ2) is 7.58. The van der Waals surface area contributed by atoms with Crippen LogP contribution in [-0.2, 0) is 16.1 Å². The van der Waals surface area contributed by atoms with Crippen LogP contribution in [-0.4, -0.2) is 30.3 Å². The minimum Gasteiger partial charge on any atom is -0.329 e. The standard InChI is InChI=1S/C19H22N2O2/c1-15-9-11-17(12-10-15)13-21(16(2)22)14-19(23)20(3)18-7-5-4-6-8-18/h4-12H,13-14H2,1-3H3. The summed E-state index contributed by atoms with van der Waals surface area (Å²) in [6.07, 6.45) is 0. The van der Waals surface area contributed by atoms with Gasteiger partial charge in [-0.05, 0) is 24.6 Å². The summed E-state index contributed by atoms with van der Waals surface area (Å²) in [6.45, 7) is 4.01. The highest BCUT2D eigenvalue weighted by Gasteiger charge is 2.18. The third-order valence-electron chi connectivity index (χ3n) is 3.78. The number of carbonyl (C=O) groups is 2. The first-order valence-corrected chi connectivity index (χ1v) is 7.60. The van der Waals surface area contributed by atoms with E-state index in [1.54, 1.807) is 16.8 Å². The smallest absolute Gasteiger partial charge is 0.246 e. The second-order valence-electron chi connectivity index (χ2n) is 5.65. The number of hydrogen-bond acceptors (Lipinski definition) is 2. The van der Waals surface area contributed by atoms with Crippen molar-refractivity contribution in [2.75, 3.05) is 18.5 Å². The number of amides is 2. The van der Waals surface area contributed by atoms with E-state index in [1.807, 2.05) is 61.5 Å². The molecular formula is C19H22N2O2. The van der Waals surface area contributed by atoms with Gasteiger partial charge in [0.15, 0.2) is 0 Å². The van der Waals surface area contributed by atoms with Gasteiger partial charge < -0.3 is 9.80 Å². The van der Waals surface area contributed by atoms with Crippen molar-refractivity contribution in [2.45, 2.75) is 20.4 Å². The van der Waals surface area contributed by atoms with E-state index < -0.39 is 0 Å². The van der Waals surface area contributed by atoms with Gasteiger partial charge in [-0.25, -0.2) is 0 Å². The van der Waals surface area contributed by atoms with E-state index in [0.717, 1.165) is 11.3 Å². The molecule has 0 atom stereocenters. The van der Waals surface area contributed by atoms with Crippen LogP contribution in [0.1, 0.15) is 18.1 Å². The van der Waals surface area contributed by atoms with E-state index in [1.165, 1.54) is 12.5 Å². The quantitative estimate of drug-likeness (QED) is 0.852. The number of benzene rings is 2. The molecule has 4 nitrogen and oxygen atoms in total. The Morgan fingerprint density at radius 1 is 0.957 bits per heavy atom. The average molecular weight is 310 g/mol. The lowest BCUT2D eigenvalue weighted by atomic mass is 10.1. The fraction of sp³-hybridized carbons (Fsp3) is 0.263. The predicted molar refractivity (Wildman–Crippen MR) is 92.1 cm³/mol. The van der Waals surface area contributed by atoms with Gasteiger partial charge in [-0.1, -0.05) is 48.0 Å². The van der Waals surface area contributed by atoms with Crippen LogP contribution in [0.2, 0.25) is 0 Å². The summed E-state index contributed by atoms with van der Waals surface area (Å²) >= 11 is 0. The number of para-hydroxylation sites is 1. The highest BCUT2D eigenvalue weighted by Crippen LogP contribution is 2.13. The maximum Gasteiger partial charge on any atom is 0.246 e. The fourth-order valence-corrected chi connectivity index (χ4v) is 2.26. The van der Waals surface area contributed by atoms with Crippen LogP contribution in [0, 0.1) is 6.92 Å². The lowest BCUT2D eigenvalue weighted by Gasteiger charge is -2.24. The number of carbonyl (C=O) groups excluding carboxylic acids is 2. The molecule has 0 unspecified atom stereocenters. The van der Waals surface area contributed by atoms with E-state index in [9.17, 15) is 9.59 Å². The van der Waals surface area contributed by atoms with E-state index in [-0.39, 0.29) is 18.4 Å². The summed E-state index contributed by atoms with van der Waals surface area (Å²) < 4.78 is 0. The molecule has 0 aliphatic heterocycles. The molecule has 2 rings (SSSR count). The first-order chi connectivity index (χ1) is 11.0. The minimum atomic E-state index is -0.112. The van der Waals surface area contributed by atoms with Crippen LogP contribution in [0.3, 0.4) is 0 Å². The first kappa shape index (κ1) is 16.7. The Balaban J connectivity index is 2.05. The van der Waals surface area contributed by atoms with Crippen LogP contribution in [0.25, 0.3) is 0 Å². The number of hydrogen-bond donors (Lipinski definition) is 0. The number of aryl methyl sites for hydroxylation is 1. The molecule has 0 radical (unpaired) electrons. The summed E-state index contributed by atoms with van der Waals surface area (Å²) in [7, 11) is 1.72. The van der Waals surface area contributed by atoms with Crippen LogP contribution < -0.4 is 4.90 Å². The Kier molecular flexibility index (Phi) is 5.52. The molecule has 0 N–H and O–H groups in total. The first-order valence-electron chi connectivity index (χ1n) is 7.60. The van der Waals surface area contributed by atoms with Gasteiger partial charge in [-0.15, -0.1) is 0 Å². The molecule has 2 aromatic rings. The Bertz CT molecular complexity index is 666. The average Bonchev–Trinajstić information content (AvgIpc) is 2.56. The molecule has 0 fully saturated rings.